The van der Waals surface area contributed by atoms with Gasteiger partial charge in [0, 0.05) is 35.4 Å². The second-order valence-corrected chi connectivity index (χ2v) is 7.19. The van der Waals surface area contributed by atoms with Crippen LogP contribution in [0.3, 0.4) is 0 Å². The van der Waals surface area contributed by atoms with Gasteiger partial charge in [0.25, 0.3) is 5.91 Å². The fraction of sp³-hybridized carbons (Fsp3) is 0.190. The van der Waals surface area contributed by atoms with Crippen LogP contribution in [0.25, 0.3) is 6.08 Å². The normalized spacial score (nSPS) is 13.5. The quantitative estimate of drug-likeness (QED) is 0.585. The van der Waals surface area contributed by atoms with Gasteiger partial charge in [-0.3, -0.25) is 14.9 Å². The van der Waals surface area contributed by atoms with Crippen LogP contribution in [0.1, 0.15) is 28.8 Å². The van der Waals surface area contributed by atoms with Crippen LogP contribution in [-0.2, 0) is 4.79 Å². The van der Waals surface area contributed by atoms with Crippen molar-refractivity contribution in [2.45, 2.75) is 12.8 Å². The highest BCUT2D eigenvalue weighted by atomic mass is 35.5. The Labute approximate surface area is 174 Å². The number of amides is 2. The molecule has 2 N–H and O–H groups in total. The standard InChI is InChI=1S/C21H20ClN3O2S/c22-18-6-2-1-5-15(18)9-12-19(26)24-21(28)23-17-10-7-16(8-11-17)20(27)25-13-3-4-14-25/h1-2,5-12H,3-4,13-14H2,(H2,23,24,26,28)/b12-9+. The van der Waals surface area contributed by atoms with Crippen LogP contribution in [-0.4, -0.2) is 34.9 Å². The van der Waals surface area contributed by atoms with E-state index in [0.29, 0.717) is 16.3 Å². The molecule has 1 saturated heterocycles. The second kappa shape index (κ2) is 9.48. The van der Waals surface area contributed by atoms with Crippen LogP contribution in [0.15, 0.2) is 54.6 Å². The predicted octanol–water partition coefficient (Wildman–Crippen LogP) is 4.10. The highest BCUT2D eigenvalue weighted by molar-refractivity contribution is 7.80. The highest BCUT2D eigenvalue weighted by Gasteiger charge is 2.19. The number of rotatable bonds is 4. The highest BCUT2D eigenvalue weighted by Crippen LogP contribution is 2.17. The first-order valence-electron chi connectivity index (χ1n) is 8.97. The Bertz CT molecular complexity index is 906. The fourth-order valence-electron chi connectivity index (χ4n) is 2.89. The van der Waals surface area contributed by atoms with Crippen molar-refractivity contribution in [3.8, 4) is 0 Å². The number of hydrogen-bond donors (Lipinski definition) is 2. The molecular formula is C21H20ClN3O2S. The Balaban J connectivity index is 1.52. The number of carbonyl (C=O) groups excluding carboxylic acids is 2. The summed E-state index contributed by atoms with van der Waals surface area (Å²) in [5, 5.41) is 6.25. The van der Waals surface area contributed by atoms with Crippen molar-refractivity contribution in [3.63, 3.8) is 0 Å². The van der Waals surface area contributed by atoms with Crippen LogP contribution >= 0.6 is 23.8 Å². The molecule has 0 spiro atoms. The maximum Gasteiger partial charge on any atom is 0.253 e. The minimum absolute atomic E-state index is 0.0460. The first-order chi connectivity index (χ1) is 13.5. The lowest BCUT2D eigenvalue weighted by atomic mass is 10.2. The lowest BCUT2D eigenvalue weighted by Crippen LogP contribution is -2.32. The number of nitrogens with zero attached hydrogens (tertiary/aromatic N) is 1. The van der Waals surface area contributed by atoms with Crippen molar-refractivity contribution in [2.75, 3.05) is 18.4 Å². The van der Waals surface area contributed by atoms with E-state index >= 15 is 0 Å². The maximum atomic E-state index is 12.3. The molecule has 1 heterocycles. The molecule has 0 bridgehead atoms. The van der Waals surface area contributed by atoms with Crippen LogP contribution in [0.2, 0.25) is 5.02 Å². The van der Waals surface area contributed by atoms with E-state index in [2.05, 4.69) is 10.6 Å². The molecule has 0 aromatic heterocycles. The molecule has 0 unspecified atom stereocenters. The number of likely N-dealkylation sites (tertiary alicyclic amines) is 1. The number of carbonyl (C=O) groups is 2. The molecule has 1 aliphatic rings. The largest absolute Gasteiger partial charge is 0.339 e. The maximum absolute atomic E-state index is 12.3. The van der Waals surface area contributed by atoms with Gasteiger partial charge in [-0.1, -0.05) is 29.8 Å². The SMILES string of the molecule is O=C(/C=C/c1ccccc1Cl)NC(=S)Nc1ccc(C(=O)N2CCCC2)cc1. The minimum Gasteiger partial charge on any atom is -0.339 e. The number of anilines is 1. The van der Waals surface area contributed by atoms with Gasteiger partial charge in [0.05, 0.1) is 0 Å². The molecule has 1 aliphatic heterocycles. The van der Waals surface area contributed by atoms with Gasteiger partial charge in [-0.05, 0) is 67.0 Å². The van der Waals surface area contributed by atoms with Crippen LogP contribution in [0.5, 0.6) is 0 Å². The monoisotopic (exact) mass is 413 g/mol. The van der Waals surface area contributed by atoms with E-state index in [0.717, 1.165) is 31.5 Å². The molecular weight excluding hydrogens is 394 g/mol. The Morgan fingerprint density at radius 3 is 2.39 bits per heavy atom. The lowest BCUT2D eigenvalue weighted by Gasteiger charge is -2.15. The van der Waals surface area contributed by atoms with Crippen LogP contribution < -0.4 is 10.6 Å². The molecule has 0 aliphatic carbocycles. The number of benzene rings is 2. The Hall–Kier alpha value is -2.70. The van der Waals surface area contributed by atoms with E-state index in [1.807, 2.05) is 23.1 Å². The summed E-state index contributed by atoms with van der Waals surface area (Å²) in [6.45, 7) is 1.63. The second-order valence-electron chi connectivity index (χ2n) is 6.37. The summed E-state index contributed by atoms with van der Waals surface area (Å²) in [6.07, 6.45) is 5.11. The van der Waals surface area contributed by atoms with E-state index < -0.39 is 0 Å². The van der Waals surface area contributed by atoms with Crippen molar-refractivity contribution in [2.24, 2.45) is 0 Å². The van der Waals surface area contributed by atoms with Crippen molar-refractivity contribution in [1.82, 2.24) is 10.2 Å². The summed E-state index contributed by atoms with van der Waals surface area (Å²) in [7, 11) is 0. The average molecular weight is 414 g/mol. The molecule has 5 nitrogen and oxygen atoms in total. The minimum atomic E-state index is -0.363. The van der Waals surface area contributed by atoms with E-state index in [4.69, 9.17) is 23.8 Å². The molecule has 0 saturated carbocycles. The van der Waals surface area contributed by atoms with Gasteiger partial charge in [0.1, 0.15) is 0 Å². The molecule has 28 heavy (non-hydrogen) atoms. The number of thiocarbonyl (C=S) groups is 1. The van der Waals surface area contributed by atoms with Crippen molar-refractivity contribution < 1.29 is 9.59 Å². The first kappa shape index (κ1) is 20.0. The van der Waals surface area contributed by atoms with Gasteiger partial charge in [-0.15, -0.1) is 0 Å². The molecule has 7 heteroatoms. The molecule has 3 rings (SSSR count). The van der Waals surface area contributed by atoms with Crippen molar-refractivity contribution in [3.05, 3.63) is 70.8 Å². The Morgan fingerprint density at radius 1 is 1.04 bits per heavy atom. The molecule has 1 fully saturated rings. The Morgan fingerprint density at radius 2 is 1.71 bits per heavy atom. The van der Waals surface area contributed by atoms with E-state index in [1.54, 1.807) is 36.4 Å². The third-order valence-corrected chi connectivity index (χ3v) is 4.89. The average Bonchev–Trinajstić information content (AvgIpc) is 3.22. The third kappa shape index (κ3) is 5.41. The summed E-state index contributed by atoms with van der Waals surface area (Å²) in [4.78, 5) is 26.2. The summed E-state index contributed by atoms with van der Waals surface area (Å²) >= 11 is 11.2. The molecule has 2 amide bonds. The van der Waals surface area contributed by atoms with E-state index in [9.17, 15) is 9.59 Å². The number of nitrogens with one attached hydrogen (secondary N) is 2. The summed E-state index contributed by atoms with van der Waals surface area (Å²) in [5.41, 5.74) is 2.08. The zero-order valence-corrected chi connectivity index (χ0v) is 16.7. The van der Waals surface area contributed by atoms with Gasteiger partial charge >= 0.3 is 0 Å². The third-order valence-electron chi connectivity index (χ3n) is 4.34. The zero-order chi connectivity index (χ0) is 19.9. The molecule has 144 valence electrons. The smallest absolute Gasteiger partial charge is 0.253 e. The topological polar surface area (TPSA) is 61.4 Å². The van der Waals surface area contributed by atoms with Gasteiger partial charge < -0.3 is 10.2 Å². The van der Waals surface area contributed by atoms with Crippen LogP contribution in [0, 0.1) is 0 Å². The number of halogens is 1. The van der Waals surface area contributed by atoms with Crippen molar-refractivity contribution in [1.29, 1.82) is 0 Å². The molecule has 2 aromatic carbocycles. The van der Waals surface area contributed by atoms with Gasteiger partial charge in [0.2, 0.25) is 5.91 Å². The van der Waals surface area contributed by atoms with Crippen molar-refractivity contribution >= 4 is 52.5 Å². The fourth-order valence-corrected chi connectivity index (χ4v) is 3.31. The Kier molecular flexibility index (Phi) is 6.79. The van der Waals surface area contributed by atoms with E-state index in [-0.39, 0.29) is 16.9 Å². The van der Waals surface area contributed by atoms with Gasteiger partial charge in [0.15, 0.2) is 5.11 Å². The van der Waals surface area contributed by atoms with Gasteiger partial charge in [-0.2, -0.15) is 0 Å². The molecule has 0 atom stereocenters. The first-order valence-corrected chi connectivity index (χ1v) is 9.75. The van der Waals surface area contributed by atoms with Gasteiger partial charge in [-0.25, -0.2) is 0 Å². The predicted molar refractivity (Wildman–Crippen MR) is 116 cm³/mol. The summed E-state index contributed by atoms with van der Waals surface area (Å²) in [5.74, 6) is -0.317. The molecule has 2 aromatic rings. The number of hydrogen-bond acceptors (Lipinski definition) is 3. The lowest BCUT2D eigenvalue weighted by molar-refractivity contribution is -0.115. The van der Waals surface area contributed by atoms with Crippen LogP contribution in [0.4, 0.5) is 5.69 Å². The van der Waals surface area contributed by atoms with E-state index in [1.165, 1.54) is 6.08 Å². The summed E-state index contributed by atoms with van der Waals surface area (Å²) in [6, 6.07) is 14.3. The molecule has 0 radical (unpaired) electrons. The summed E-state index contributed by atoms with van der Waals surface area (Å²) < 4.78 is 0. The zero-order valence-electron chi connectivity index (χ0n) is 15.2.